The van der Waals surface area contributed by atoms with Gasteiger partial charge in [-0.15, -0.1) is 0 Å². The number of thioether (sulfide) groups is 1. The van der Waals surface area contributed by atoms with Crippen LogP contribution in [0.3, 0.4) is 0 Å². The second kappa shape index (κ2) is 6.70. The Morgan fingerprint density at radius 2 is 2.00 bits per heavy atom. The summed E-state index contributed by atoms with van der Waals surface area (Å²) in [7, 11) is 0. The zero-order chi connectivity index (χ0) is 12.8. The van der Waals surface area contributed by atoms with E-state index in [0.29, 0.717) is 11.7 Å². The van der Waals surface area contributed by atoms with Crippen molar-refractivity contribution in [3.63, 3.8) is 0 Å². The molecule has 0 saturated carbocycles. The van der Waals surface area contributed by atoms with E-state index in [2.05, 4.69) is 33.0 Å². The lowest BCUT2D eigenvalue weighted by atomic mass is 10.1. The van der Waals surface area contributed by atoms with Gasteiger partial charge in [0.05, 0.1) is 5.75 Å². The summed E-state index contributed by atoms with van der Waals surface area (Å²) in [6, 6.07) is 6.00. The van der Waals surface area contributed by atoms with Gasteiger partial charge in [0.15, 0.2) is 0 Å². The SMILES string of the molecule is Cc1ccc(NC(=O)CSCC(C)C)cc1C. The summed E-state index contributed by atoms with van der Waals surface area (Å²) in [4.78, 5) is 11.7. The maximum Gasteiger partial charge on any atom is 0.234 e. The molecule has 3 heteroatoms. The molecule has 0 aliphatic heterocycles. The number of carbonyl (C=O) groups is 1. The van der Waals surface area contributed by atoms with Crippen LogP contribution in [0.2, 0.25) is 0 Å². The number of carbonyl (C=O) groups excluding carboxylic acids is 1. The normalized spacial score (nSPS) is 10.6. The van der Waals surface area contributed by atoms with Crippen molar-refractivity contribution in [1.82, 2.24) is 0 Å². The fraction of sp³-hybridized carbons (Fsp3) is 0.500. The Morgan fingerprint density at radius 3 is 2.59 bits per heavy atom. The second-order valence-corrected chi connectivity index (χ2v) is 5.79. The minimum absolute atomic E-state index is 0.0823. The van der Waals surface area contributed by atoms with Gasteiger partial charge in [0.2, 0.25) is 5.91 Å². The van der Waals surface area contributed by atoms with Gasteiger partial charge in [-0.1, -0.05) is 19.9 Å². The monoisotopic (exact) mass is 251 g/mol. The van der Waals surface area contributed by atoms with Gasteiger partial charge in [-0.3, -0.25) is 4.79 Å². The predicted octanol–water partition coefficient (Wildman–Crippen LogP) is 3.63. The second-order valence-electron chi connectivity index (χ2n) is 4.76. The van der Waals surface area contributed by atoms with Crippen LogP contribution in [0.1, 0.15) is 25.0 Å². The Kier molecular flexibility index (Phi) is 5.56. The van der Waals surface area contributed by atoms with Crippen LogP contribution in [0.5, 0.6) is 0 Å². The standard InChI is InChI=1S/C14H21NOS/c1-10(2)8-17-9-14(16)15-13-6-5-11(3)12(4)7-13/h5-7,10H,8-9H2,1-4H3,(H,15,16). The zero-order valence-corrected chi connectivity index (χ0v) is 11.9. The topological polar surface area (TPSA) is 29.1 Å². The van der Waals surface area contributed by atoms with E-state index >= 15 is 0 Å². The number of anilines is 1. The van der Waals surface area contributed by atoms with E-state index in [4.69, 9.17) is 0 Å². The molecule has 0 aliphatic rings. The third kappa shape index (κ3) is 5.26. The highest BCUT2D eigenvalue weighted by atomic mass is 32.2. The van der Waals surface area contributed by atoms with Crippen molar-refractivity contribution in [3.8, 4) is 0 Å². The Hall–Kier alpha value is -0.960. The van der Waals surface area contributed by atoms with Crippen molar-refractivity contribution in [2.75, 3.05) is 16.8 Å². The first-order valence-electron chi connectivity index (χ1n) is 5.94. The molecule has 0 atom stereocenters. The van der Waals surface area contributed by atoms with Gasteiger partial charge in [-0.05, 0) is 48.8 Å². The molecule has 1 aromatic carbocycles. The third-order valence-corrected chi connectivity index (χ3v) is 3.84. The van der Waals surface area contributed by atoms with E-state index in [1.165, 1.54) is 11.1 Å². The zero-order valence-electron chi connectivity index (χ0n) is 11.0. The van der Waals surface area contributed by atoms with Crippen LogP contribution in [0, 0.1) is 19.8 Å². The van der Waals surface area contributed by atoms with Crippen LogP contribution < -0.4 is 5.32 Å². The van der Waals surface area contributed by atoms with E-state index in [-0.39, 0.29) is 5.91 Å². The van der Waals surface area contributed by atoms with Gasteiger partial charge in [-0.2, -0.15) is 11.8 Å². The molecule has 0 spiro atoms. The smallest absolute Gasteiger partial charge is 0.234 e. The quantitative estimate of drug-likeness (QED) is 0.865. The maximum atomic E-state index is 11.7. The summed E-state index contributed by atoms with van der Waals surface area (Å²) >= 11 is 1.68. The highest BCUT2D eigenvalue weighted by Gasteiger charge is 2.04. The molecule has 17 heavy (non-hydrogen) atoms. The van der Waals surface area contributed by atoms with Gasteiger partial charge in [-0.25, -0.2) is 0 Å². The molecule has 1 rings (SSSR count). The van der Waals surface area contributed by atoms with Crippen LogP contribution >= 0.6 is 11.8 Å². The average Bonchev–Trinajstić information content (AvgIpc) is 2.23. The molecule has 94 valence electrons. The minimum Gasteiger partial charge on any atom is -0.325 e. The largest absolute Gasteiger partial charge is 0.325 e. The van der Waals surface area contributed by atoms with Gasteiger partial charge >= 0.3 is 0 Å². The number of amides is 1. The van der Waals surface area contributed by atoms with Crippen molar-refractivity contribution in [2.45, 2.75) is 27.7 Å². The number of rotatable bonds is 5. The van der Waals surface area contributed by atoms with Crippen molar-refractivity contribution < 1.29 is 4.79 Å². The van der Waals surface area contributed by atoms with Crippen molar-refractivity contribution in [2.24, 2.45) is 5.92 Å². The lowest BCUT2D eigenvalue weighted by molar-refractivity contribution is -0.113. The molecule has 0 aromatic heterocycles. The van der Waals surface area contributed by atoms with Gasteiger partial charge in [0.25, 0.3) is 0 Å². The van der Waals surface area contributed by atoms with E-state index < -0.39 is 0 Å². The lowest BCUT2D eigenvalue weighted by Crippen LogP contribution is -2.15. The van der Waals surface area contributed by atoms with E-state index in [1.54, 1.807) is 11.8 Å². The Labute approximate surface area is 108 Å². The number of hydrogen-bond donors (Lipinski definition) is 1. The summed E-state index contributed by atoms with van der Waals surface area (Å²) in [5.74, 6) is 2.28. The molecule has 1 amide bonds. The van der Waals surface area contributed by atoms with Gasteiger partial charge in [0.1, 0.15) is 0 Å². The van der Waals surface area contributed by atoms with Crippen molar-refractivity contribution in [3.05, 3.63) is 29.3 Å². The molecule has 1 aromatic rings. The summed E-state index contributed by atoms with van der Waals surface area (Å²) in [5.41, 5.74) is 3.35. The first-order chi connectivity index (χ1) is 7.99. The Bertz CT molecular complexity index is 388. The summed E-state index contributed by atoms with van der Waals surface area (Å²) in [5, 5.41) is 2.92. The summed E-state index contributed by atoms with van der Waals surface area (Å²) in [6.07, 6.45) is 0. The van der Waals surface area contributed by atoms with Crippen molar-refractivity contribution >= 4 is 23.4 Å². The molecule has 0 bridgehead atoms. The lowest BCUT2D eigenvalue weighted by Gasteiger charge is -2.08. The number of hydrogen-bond acceptors (Lipinski definition) is 2. The maximum absolute atomic E-state index is 11.7. The molecule has 0 unspecified atom stereocenters. The summed E-state index contributed by atoms with van der Waals surface area (Å²) in [6.45, 7) is 8.44. The molecule has 0 heterocycles. The highest BCUT2D eigenvalue weighted by Crippen LogP contribution is 2.15. The van der Waals surface area contributed by atoms with Crippen LogP contribution in [0.25, 0.3) is 0 Å². The van der Waals surface area contributed by atoms with Gasteiger partial charge in [0, 0.05) is 5.69 Å². The third-order valence-electron chi connectivity index (χ3n) is 2.48. The number of aryl methyl sites for hydroxylation is 2. The molecule has 0 saturated heterocycles. The van der Waals surface area contributed by atoms with Crippen molar-refractivity contribution in [1.29, 1.82) is 0 Å². The first kappa shape index (κ1) is 14.1. The van der Waals surface area contributed by atoms with E-state index in [0.717, 1.165) is 11.4 Å². The predicted molar refractivity (Wildman–Crippen MR) is 76.7 cm³/mol. The Morgan fingerprint density at radius 1 is 1.29 bits per heavy atom. The molecule has 0 radical (unpaired) electrons. The number of benzene rings is 1. The Balaban J connectivity index is 2.42. The van der Waals surface area contributed by atoms with Crippen LogP contribution in [-0.4, -0.2) is 17.4 Å². The molecular weight excluding hydrogens is 230 g/mol. The van der Waals surface area contributed by atoms with Crippen LogP contribution in [0.4, 0.5) is 5.69 Å². The van der Waals surface area contributed by atoms with Crippen LogP contribution in [0.15, 0.2) is 18.2 Å². The first-order valence-corrected chi connectivity index (χ1v) is 7.09. The average molecular weight is 251 g/mol. The van der Waals surface area contributed by atoms with Gasteiger partial charge < -0.3 is 5.32 Å². The van der Waals surface area contributed by atoms with Crippen LogP contribution in [-0.2, 0) is 4.79 Å². The molecule has 2 nitrogen and oxygen atoms in total. The van der Waals surface area contributed by atoms with E-state index in [1.807, 2.05) is 18.2 Å². The highest BCUT2D eigenvalue weighted by molar-refractivity contribution is 7.99. The molecule has 1 N–H and O–H groups in total. The molecule has 0 aliphatic carbocycles. The summed E-state index contributed by atoms with van der Waals surface area (Å²) < 4.78 is 0. The molecular formula is C14H21NOS. The number of nitrogens with one attached hydrogen (secondary N) is 1. The minimum atomic E-state index is 0.0823. The van der Waals surface area contributed by atoms with E-state index in [9.17, 15) is 4.79 Å². The fourth-order valence-electron chi connectivity index (χ4n) is 1.40. The molecule has 0 fully saturated rings. The fourth-order valence-corrected chi connectivity index (χ4v) is 2.25.